The lowest BCUT2D eigenvalue weighted by Gasteiger charge is -2.06. The Hall–Kier alpha value is -3.17. The molecule has 2 heterocycles. The number of carbonyl (C=O) groups excluding carboxylic acids is 2. The molecule has 2 aromatic carbocycles. The molecule has 0 spiro atoms. The Kier molecular flexibility index (Phi) is 5.32. The largest absolute Gasteiger partial charge is 0.451 e. The first-order valence-corrected chi connectivity index (χ1v) is 10.0. The van der Waals surface area contributed by atoms with Gasteiger partial charge < -0.3 is 10.1 Å². The predicted octanol–water partition coefficient (Wildman–Crippen LogP) is 5.10. The Morgan fingerprint density at radius 3 is 2.66 bits per heavy atom. The molecular weight excluding hydrogens is 418 g/mol. The van der Waals surface area contributed by atoms with Crippen LogP contribution in [0.15, 0.2) is 54.6 Å². The fourth-order valence-corrected chi connectivity index (χ4v) is 4.44. The molecule has 0 bridgehead atoms. The number of fused-ring (bicyclic) bond motifs is 1. The molecule has 0 saturated heterocycles. The average molecular weight is 430 g/mol. The molecule has 1 amide bonds. The first kappa shape index (κ1) is 19.2. The van der Waals surface area contributed by atoms with Crippen molar-refractivity contribution in [3.05, 3.63) is 71.1 Å². The van der Waals surface area contributed by atoms with Crippen molar-refractivity contribution in [1.82, 2.24) is 4.98 Å². The van der Waals surface area contributed by atoms with Gasteiger partial charge in [-0.15, -0.1) is 22.7 Å². The molecule has 4 rings (SSSR count). The summed E-state index contributed by atoms with van der Waals surface area (Å²) in [6.45, 7) is -0.593. The minimum Gasteiger partial charge on any atom is -0.451 e. The van der Waals surface area contributed by atoms with E-state index in [1.165, 1.54) is 22.7 Å². The Morgan fingerprint density at radius 1 is 1.03 bits per heavy atom. The fraction of sp³-hybridized carbons (Fsp3) is 0.0500. The van der Waals surface area contributed by atoms with Crippen LogP contribution in [0.2, 0.25) is 0 Å². The first-order valence-electron chi connectivity index (χ1n) is 8.37. The zero-order valence-corrected chi connectivity index (χ0v) is 16.3. The SMILES string of the molecule is O=C(COC(=O)c1ccc(-c2nc3ccccc3s2)s1)Nc1ccc(F)cc1F. The van der Waals surface area contributed by atoms with Gasteiger partial charge >= 0.3 is 5.97 Å². The fourth-order valence-electron chi connectivity index (χ4n) is 2.52. The zero-order chi connectivity index (χ0) is 20.4. The lowest BCUT2D eigenvalue weighted by molar-refractivity contribution is -0.119. The highest BCUT2D eigenvalue weighted by Crippen LogP contribution is 2.34. The molecule has 4 aromatic rings. The second kappa shape index (κ2) is 8.06. The van der Waals surface area contributed by atoms with Crippen molar-refractivity contribution in [2.24, 2.45) is 0 Å². The summed E-state index contributed by atoms with van der Waals surface area (Å²) in [6, 6.07) is 13.9. The lowest BCUT2D eigenvalue weighted by atomic mass is 10.3. The molecule has 2 aromatic heterocycles. The van der Waals surface area contributed by atoms with Crippen molar-refractivity contribution in [3.63, 3.8) is 0 Å². The summed E-state index contributed by atoms with van der Waals surface area (Å²) in [7, 11) is 0. The van der Waals surface area contributed by atoms with Crippen molar-refractivity contribution in [3.8, 4) is 9.88 Å². The standard InChI is InChI=1S/C20H12F2N2O3S2/c21-11-5-6-13(12(22)9-11)23-18(25)10-27-20(26)17-8-7-16(28-17)19-24-14-3-1-2-4-15(14)29-19/h1-9H,10H2,(H,23,25). The van der Waals surface area contributed by atoms with Crippen molar-refractivity contribution in [2.75, 3.05) is 11.9 Å². The number of thiazole rings is 1. The molecule has 1 N–H and O–H groups in total. The van der Waals surface area contributed by atoms with Crippen molar-refractivity contribution in [1.29, 1.82) is 0 Å². The van der Waals surface area contributed by atoms with E-state index in [0.717, 1.165) is 32.2 Å². The highest BCUT2D eigenvalue weighted by Gasteiger charge is 2.16. The van der Waals surface area contributed by atoms with Crippen LogP contribution in [0.3, 0.4) is 0 Å². The third-order valence-corrected chi connectivity index (χ3v) is 6.12. The molecule has 0 unspecified atom stereocenters. The number of carbonyl (C=O) groups is 2. The van der Waals surface area contributed by atoms with E-state index in [-0.39, 0.29) is 5.69 Å². The van der Waals surface area contributed by atoms with Crippen molar-refractivity contribution in [2.45, 2.75) is 0 Å². The summed E-state index contributed by atoms with van der Waals surface area (Å²) in [6.07, 6.45) is 0. The molecular formula is C20H12F2N2O3S2. The summed E-state index contributed by atoms with van der Waals surface area (Å²) < 4.78 is 32.5. The van der Waals surface area contributed by atoms with Gasteiger partial charge in [-0.3, -0.25) is 4.79 Å². The van der Waals surface area contributed by atoms with Crippen LogP contribution in [0.25, 0.3) is 20.1 Å². The maximum atomic E-state index is 13.5. The molecule has 0 aliphatic heterocycles. The topological polar surface area (TPSA) is 68.3 Å². The summed E-state index contributed by atoms with van der Waals surface area (Å²) in [5.41, 5.74) is 0.691. The van der Waals surface area contributed by atoms with Crippen molar-refractivity contribution < 1.29 is 23.1 Å². The highest BCUT2D eigenvalue weighted by atomic mass is 32.1. The van der Waals surface area contributed by atoms with E-state index in [0.29, 0.717) is 10.9 Å². The number of halogens is 2. The third-order valence-electron chi connectivity index (χ3n) is 3.85. The van der Waals surface area contributed by atoms with Gasteiger partial charge in [0.1, 0.15) is 21.5 Å². The van der Waals surface area contributed by atoms with Gasteiger partial charge in [-0.25, -0.2) is 18.6 Å². The number of benzene rings is 2. The number of esters is 1. The second-order valence-corrected chi connectivity index (χ2v) is 8.01. The van der Waals surface area contributed by atoms with Crippen LogP contribution in [-0.4, -0.2) is 23.5 Å². The average Bonchev–Trinajstić information content (AvgIpc) is 3.35. The molecule has 0 aliphatic carbocycles. The van der Waals surface area contributed by atoms with Gasteiger partial charge in [0.25, 0.3) is 5.91 Å². The molecule has 0 fully saturated rings. The number of nitrogens with one attached hydrogen (secondary N) is 1. The molecule has 0 atom stereocenters. The van der Waals surface area contributed by atoms with E-state index in [1.807, 2.05) is 24.3 Å². The van der Waals surface area contributed by atoms with Crippen LogP contribution < -0.4 is 5.32 Å². The van der Waals surface area contributed by atoms with E-state index in [1.54, 1.807) is 12.1 Å². The Balaban J connectivity index is 1.38. The molecule has 29 heavy (non-hydrogen) atoms. The number of anilines is 1. The monoisotopic (exact) mass is 430 g/mol. The molecule has 0 saturated carbocycles. The van der Waals surface area contributed by atoms with Crippen LogP contribution in [0, 0.1) is 11.6 Å². The molecule has 9 heteroatoms. The number of hydrogen-bond acceptors (Lipinski definition) is 6. The smallest absolute Gasteiger partial charge is 0.348 e. The number of hydrogen-bond donors (Lipinski definition) is 1. The quantitative estimate of drug-likeness (QED) is 0.448. The Morgan fingerprint density at radius 2 is 1.86 bits per heavy atom. The van der Waals surface area contributed by atoms with Crippen molar-refractivity contribution >= 4 is 50.5 Å². The van der Waals surface area contributed by atoms with E-state index in [2.05, 4.69) is 10.3 Å². The van der Waals surface area contributed by atoms with Crippen LogP contribution in [0.1, 0.15) is 9.67 Å². The van der Waals surface area contributed by atoms with Gasteiger partial charge in [0.2, 0.25) is 0 Å². The van der Waals surface area contributed by atoms with Gasteiger partial charge in [0.15, 0.2) is 6.61 Å². The summed E-state index contributed by atoms with van der Waals surface area (Å²) in [5, 5.41) is 3.02. The summed E-state index contributed by atoms with van der Waals surface area (Å²) >= 11 is 2.73. The van der Waals surface area contributed by atoms with Crippen LogP contribution in [0.4, 0.5) is 14.5 Å². The van der Waals surface area contributed by atoms with Crippen LogP contribution in [-0.2, 0) is 9.53 Å². The molecule has 5 nitrogen and oxygen atoms in total. The lowest BCUT2D eigenvalue weighted by Crippen LogP contribution is -2.21. The van der Waals surface area contributed by atoms with Gasteiger partial charge in [0.05, 0.1) is 20.8 Å². The highest BCUT2D eigenvalue weighted by molar-refractivity contribution is 7.26. The predicted molar refractivity (Wildman–Crippen MR) is 108 cm³/mol. The van der Waals surface area contributed by atoms with E-state index in [4.69, 9.17) is 4.74 Å². The third kappa shape index (κ3) is 4.30. The van der Waals surface area contributed by atoms with Gasteiger partial charge in [-0.1, -0.05) is 12.1 Å². The van der Waals surface area contributed by atoms with Gasteiger partial charge in [-0.05, 0) is 36.4 Å². The van der Waals surface area contributed by atoms with Crippen LogP contribution in [0.5, 0.6) is 0 Å². The van der Waals surface area contributed by atoms with Crippen LogP contribution >= 0.6 is 22.7 Å². The number of nitrogens with zero attached hydrogens (tertiary/aromatic N) is 1. The number of aromatic nitrogens is 1. The van der Waals surface area contributed by atoms with E-state index < -0.39 is 30.1 Å². The van der Waals surface area contributed by atoms with Gasteiger partial charge in [0, 0.05) is 6.07 Å². The maximum absolute atomic E-state index is 13.5. The zero-order valence-electron chi connectivity index (χ0n) is 14.6. The number of rotatable bonds is 5. The molecule has 0 radical (unpaired) electrons. The molecule has 0 aliphatic rings. The Labute approximate surface area is 171 Å². The minimum atomic E-state index is -0.914. The number of para-hydroxylation sites is 1. The second-order valence-electron chi connectivity index (χ2n) is 5.90. The Bertz CT molecular complexity index is 1190. The maximum Gasteiger partial charge on any atom is 0.348 e. The summed E-state index contributed by atoms with van der Waals surface area (Å²) in [5.74, 6) is -3.07. The number of ether oxygens (including phenoxy) is 1. The number of thiophene rings is 1. The minimum absolute atomic E-state index is 0.193. The summed E-state index contributed by atoms with van der Waals surface area (Å²) in [4.78, 5) is 29.7. The van der Waals surface area contributed by atoms with E-state index in [9.17, 15) is 18.4 Å². The number of amides is 1. The first-order chi connectivity index (χ1) is 14.0. The normalized spacial score (nSPS) is 10.8. The van der Waals surface area contributed by atoms with Gasteiger partial charge in [-0.2, -0.15) is 0 Å². The molecule has 146 valence electrons. The van der Waals surface area contributed by atoms with E-state index >= 15 is 0 Å².